The Morgan fingerprint density at radius 2 is 1.47 bits per heavy atom. The van der Waals surface area contributed by atoms with Gasteiger partial charge in [-0.3, -0.25) is 9.59 Å². The van der Waals surface area contributed by atoms with Crippen LogP contribution in [0.15, 0.2) is 30.3 Å². The zero-order valence-electron chi connectivity index (χ0n) is 19.5. The van der Waals surface area contributed by atoms with Gasteiger partial charge in [-0.05, 0) is 49.2 Å². The number of carbonyl (C=O) groups excluding carboxylic acids is 2. The highest BCUT2D eigenvalue weighted by Crippen LogP contribution is 2.46. The minimum atomic E-state index is -0.673. The van der Waals surface area contributed by atoms with Gasteiger partial charge in [0.1, 0.15) is 0 Å². The van der Waals surface area contributed by atoms with Crippen molar-refractivity contribution in [3.63, 3.8) is 0 Å². The molecule has 32 heavy (non-hydrogen) atoms. The van der Waals surface area contributed by atoms with Crippen molar-refractivity contribution in [2.75, 3.05) is 35.5 Å². The van der Waals surface area contributed by atoms with Crippen LogP contribution in [0, 0.1) is 0 Å². The first kappa shape index (κ1) is 23.2. The second kappa shape index (κ2) is 9.38. The van der Waals surface area contributed by atoms with Crippen LogP contribution in [0.1, 0.15) is 47.3 Å². The molecule has 0 saturated heterocycles. The number of hydrogen-bond acceptors (Lipinski definition) is 6. The van der Waals surface area contributed by atoms with Gasteiger partial charge in [-0.1, -0.05) is 6.07 Å². The zero-order valence-corrected chi connectivity index (χ0v) is 19.5. The SMILES string of the molecule is COc1ccc(C2C(C(=O)NC(C)C)c3cc(OC)c(OC)cc3C(=O)N2C)cc1OC. The molecule has 2 amide bonds. The maximum atomic E-state index is 13.5. The Hall–Kier alpha value is -3.42. The first-order valence-electron chi connectivity index (χ1n) is 10.3. The van der Waals surface area contributed by atoms with Crippen LogP contribution < -0.4 is 24.3 Å². The Labute approximate surface area is 188 Å². The number of ether oxygens (including phenoxy) is 4. The normalized spacial score (nSPS) is 17.6. The highest BCUT2D eigenvalue weighted by molar-refractivity contribution is 6.02. The molecule has 2 atom stereocenters. The van der Waals surface area contributed by atoms with Gasteiger partial charge in [0.05, 0.1) is 40.4 Å². The summed E-state index contributed by atoms with van der Waals surface area (Å²) in [5.74, 6) is 0.899. The maximum absolute atomic E-state index is 13.5. The largest absolute Gasteiger partial charge is 0.493 e. The summed E-state index contributed by atoms with van der Waals surface area (Å²) in [6.07, 6.45) is 0. The highest BCUT2D eigenvalue weighted by atomic mass is 16.5. The lowest BCUT2D eigenvalue weighted by Crippen LogP contribution is -2.46. The molecule has 1 heterocycles. The maximum Gasteiger partial charge on any atom is 0.254 e. The van der Waals surface area contributed by atoms with E-state index in [2.05, 4.69) is 5.32 Å². The van der Waals surface area contributed by atoms with Crippen molar-refractivity contribution in [1.29, 1.82) is 0 Å². The predicted molar refractivity (Wildman–Crippen MR) is 120 cm³/mol. The van der Waals surface area contributed by atoms with E-state index < -0.39 is 12.0 Å². The standard InChI is InChI=1S/C24H30N2O6/c1-13(2)25-23(27)21-15-11-19(31-6)20(32-7)12-16(15)24(28)26(3)22(21)14-8-9-17(29-4)18(10-14)30-5/h8-13,21-22H,1-7H3,(H,25,27). The summed E-state index contributed by atoms with van der Waals surface area (Å²) in [5.41, 5.74) is 1.75. The molecule has 3 rings (SSSR count). The second-order valence-corrected chi connectivity index (χ2v) is 7.91. The van der Waals surface area contributed by atoms with Gasteiger partial charge >= 0.3 is 0 Å². The Morgan fingerprint density at radius 1 is 0.906 bits per heavy atom. The van der Waals surface area contributed by atoms with Crippen LogP contribution in [0.25, 0.3) is 0 Å². The minimum Gasteiger partial charge on any atom is -0.493 e. The lowest BCUT2D eigenvalue weighted by Gasteiger charge is -2.40. The number of benzene rings is 2. The summed E-state index contributed by atoms with van der Waals surface area (Å²) in [5, 5.41) is 3.00. The Bertz CT molecular complexity index is 1020. The molecule has 2 unspecified atom stereocenters. The van der Waals surface area contributed by atoms with Gasteiger partial charge in [-0.25, -0.2) is 0 Å². The van der Waals surface area contributed by atoms with E-state index in [1.54, 1.807) is 50.4 Å². The minimum absolute atomic E-state index is 0.0694. The van der Waals surface area contributed by atoms with Crippen LogP contribution in [-0.2, 0) is 4.79 Å². The average molecular weight is 443 g/mol. The fourth-order valence-corrected chi connectivity index (χ4v) is 4.16. The molecule has 2 aromatic rings. The molecule has 1 aliphatic heterocycles. The van der Waals surface area contributed by atoms with Crippen molar-refractivity contribution in [1.82, 2.24) is 10.2 Å². The number of methoxy groups -OCH3 is 4. The van der Waals surface area contributed by atoms with Crippen LogP contribution in [0.5, 0.6) is 23.0 Å². The third-order valence-corrected chi connectivity index (χ3v) is 5.64. The molecule has 0 radical (unpaired) electrons. The van der Waals surface area contributed by atoms with Gasteiger partial charge in [0.2, 0.25) is 5.91 Å². The quantitative estimate of drug-likeness (QED) is 0.709. The number of rotatable bonds is 7. The molecule has 2 aromatic carbocycles. The molecule has 0 bridgehead atoms. The van der Waals surface area contributed by atoms with E-state index in [1.165, 1.54) is 14.2 Å². The molecule has 0 saturated carbocycles. The van der Waals surface area contributed by atoms with Gasteiger partial charge in [0.15, 0.2) is 23.0 Å². The number of carbonyl (C=O) groups is 2. The topological polar surface area (TPSA) is 86.3 Å². The van der Waals surface area contributed by atoms with Gasteiger partial charge in [0.25, 0.3) is 5.91 Å². The summed E-state index contributed by atoms with van der Waals surface area (Å²) in [6, 6.07) is 8.14. The van der Waals surface area contributed by atoms with Crippen molar-refractivity contribution in [3.8, 4) is 23.0 Å². The van der Waals surface area contributed by atoms with Crippen LogP contribution in [0.2, 0.25) is 0 Å². The van der Waals surface area contributed by atoms with Crippen LogP contribution in [0.3, 0.4) is 0 Å². The monoisotopic (exact) mass is 442 g/mol. The van der Waals surface area contributed by atoms with E-state index in [1.807, 2.05) is 19.9 Å². The van der Waals surface area contributed by atoms with Crippen molar-refractivity contribution in [2.24, 2.45) is 0 Å². The molecule has 0 fully saturated rings. The van der Waals surface area contributed by atoms with E-state index in [-0.39, 0.29) is 17.9 Å². The van der Waals surface area contributed by atoms with E-state index in [4.69, 9.17) is 18.9 Å². The molecule has 0 aliphatic carbocycles. The molecular formula is C24H30N2O6. The molecule has 0 spiro atoms. The summed E-state index contributed by atoms with van der Waals surface area (Å²) in [6.45, 7) is 3.80. The molecule has 1 N–H and O–H groups in total. The highest BCUT2D eigenvalue weighted by Gasteiger charge is 2.44. The van der Waals surface area contributed by atoms with Crippen LogP contribution in [-0.4, -0.2) is 58.2 Å². The summed E-state index contributed by atoms with van der Waals surface area (Å²) in [4.78, 5) is 28.4. The summed E-state index contributed by atoms with van der Waals surface area (Å²) >= 11 is 0. The number of nitrogens with zero attached hydrogens (tertiary/aromatic N) is 1. The van der Waals surface area contributed by atoms with Crippen molar-refractivity contribution in [2.45, 2.75) is 31.8 Å². The van der Waals surface area contributed by atoms with Gasteiger partial charge in [-0.2, -0.15) is 0 Å². The average Bonchev–Trinajstić information content (AvgIpc) is 2.79. The third-order valence-electron chi connectivity index (χ3n) is 5.64. The first-order valence-corrected chi connectivity index (χ1v) is 10.3. The third kappa shape index (κ3) is 4.04. The van der Waals surface area contributed by atoms with Crippen LogP contribution in [0.4, 0.5) is 0 Å². The fourth-order valence-electron chi connectivity index (χ4n) is 4.16. The number of likely N-dealkylation sites (N-methyl/N-ethyl adjacent to an activating group) is 1. The van der Waals surface area contributed by atoms with Gasteiger partial charge in [0, 0.05) is 18.7 Å². The lowest BCUT2D eigenvalue weighted by atomic mass is 9.79. The molecular weight excluding hydrogens is 412 g/mol. The lowest BCUT2D eigenvalue weighted by molar-refractivity contribution is -0.124. The van der Waals surface area contributed by atoms with E-state index in [9.17, 15) is 9.59 Å². The molecule has 172 valence electrons. The van der Waals surface area contributed by atoms with Crippen molar-refractivity contribution in [3.05, 3.63) is 47.0 Å². The molecule has 8 heteroatoms. The van der Waals surface area contributed by atoms with Gasteiger partial charge in [-0.15, -0.1) is 0 Å². The number of hydrogen-bond donors (Lipinski definition) is 1. The Morgan fingerprint density at radius 3 is 2.03 bits per heavy atom. The van der Waals surface area contributed by atoms with Crippen molar-refractivity contribution >= 4 is 11.8 Å². The molecule has 1 aliphatic rings. The van der Waals surface area contributed by atoms with E-state index in [0.717, 1.165) is 5.56 Å². The van der Waals surface area contributed by atoms with E-state index >= 15 is 0 Å². The number of fused-ring (bicyclic) bond motifs is 1. The zero-order chi connectivity index (χ0) is 23.6. The predicted octanol–water partition coefficient (Wildman–Crippen LogP) is 3.16. The molecule has 0 aromatic heterocycles. The van der Waals surface area contributed by atoms with Crippen LogP contribution >= 0.6 is 0 Å². The van der Waals surface area contributed by atoms with E-state index in [0.29, 0.717) is 34.1 Å². The Balaban J connectivity index is 2.25. The van der Waals surface area contributed by atoms with Crippen molar-refractivity contribution < 1.29 is 28.5 Å². The fraction of sp³-hybridized carbons (Fsp3) is 0.417. The smallest absolute Gasteiger partial charge is 0.254 e. The molecule has 8 nitrogen and oxygen atoms in total. The first-order chi connectivity index (χ1) is 15.3. The second-order valence-electron chi connectivity index (χ2n) is 7.91. The summed E-state index contributed by atoms with van der Waals surface area (Å²) in [7, 11) is 7.83. The number of amides is 2. The number of nitrogens with one attached hydrogen (secondary N) is 1. The summed E-state index contributed by atoms with van der Waals surface area (Å²) < 4.78 is 21.7. The Kier molecular flexibility index (Phi) is 6.81. The van der Waals surface area contributed by atoms with Gasteiger partial charge < -0.3 is 29.2 Å².